The van der Waals surface area contributed by atoms with Gasteiger partial charge in [-0.3, -0.25) is 4.90 Å². The second-order valence-corrected chi connectivity index (χ2v) is 9.24. The molecule has 1 atom stereocenters. The predicted molar refractivity (Wildman–Crippen MR) is 136 cm³/mol. The van der Waals surface area contributed by atoms with Gasteiger partial charge in [-0.1, -0.05) is 12.1 Å². The molecule has 2 heterocycles. The van der Waals surface area contributed by atoms with Crippen molar-refractivity contribution in [1.82, 2.24) is 4.90 Å². The van der Waals surface area contributed by atoms with Crippen LogP contribution in [0, 0.1) is 0 Å². The van der Waals surface area contributed by atoms with E-state index in [9.17, 15) is 36.2 Å². The second kappa shape index (κ2) is 12.4. The molecule has 0 bridgehead atoms. The molecule has 0 aromatic heterocycles. The number of carboxylic acid groups (broad SMARTS) is 1. The van der Waals surface area contributed by atoms with Crippen molar-refractivity contribution in [3.8, 4) is 17.2 Å². The Morgan fingerprint density at radius 2 is 1.88 bits per heavy atom. The van der Waals surface area contributed by atoms with Crippen LogP contribution < -0.4 is 14.2 Å². The topological polar surface area (TPSA) is 68.2 Å². The highest BCUT2D eigenvalue weighted by molar-refractivity contribution is 5.87. The number of carbonyl (C=O) groups is 1. The maximum absolute atomic E-state index is 13.5. The van der Waals surface area contributed by atoms with Crippen LogP contribution >= 0.6 is 12.4 Å². The predicted octanol–water partition coefficient (Wildman–Crippen LogP) is 6.53. The van der Waals surface area contributed by atoms with E-state index < -0.39 is 35.7 Å². The highest BCUT2D eigenvalue weighted by Crippen LogP contribution is 2.39. The zero-order valence-corrected chi connectivity index (χ0v) is 22.0. The zero-order chi connectivity index (χ0) is 28.4. The summed E-state index contributed by atoms with van der Waals surface area (Å²) in [4.78, 5) is 13.3. The van der Waals surface area contributed by atoms with Crippen LogP contribution in [-0.4, -0.2) is 54.5 Å². The molecule has 40 heavy (non-hydrogen) atoms. The van der Waals surface area contributed by atoms with E-state index >= 15 is 0 Å². The Kier molecular flexibility index (Phi) is 9.68. The van der Waals surface area contributed by atoms with Crippen LogP contribution in [0.5, 0.6) is 17.2 Å². The van der Waals surface area contributed by atoms with Gasteiger partial charge in [0.05, 0.1) is 5.56 Å². The fourth-order valence-electron chi connectivity index (χ4n) is 4.17. The number of hydrogen-bond acceptors (Lipinski definition) is 5. The molecule has 0 saturated heterocycles. The Balaban J connectivity index is 0.00000441. The maximum Gasteiger partial charge on any atom is 0.425 e. The largest absolute Gasteiger partial charge is 0.489 e. The van der Waals surface area contributed by atoms with Crippen molar-refractivity contribution in [2.45, 2.75) is 38.4 Å². The van der Waals surface area contributed by atoms with Gasteiger partial charge in [-0.05, 0) is 54.8 Å². The molecule has 0 amide bonds. The first kappa shape index (κ1) is 31.2. The smallest absolute Gasteiger partial charge is 0.425 e. The molecule has 0 spiro atoms. The Labute approximate surface area is 232 Å². The SMILES string of the molecule is C[C@H](Oc1ccc(COc2ccc3c(c2)OCC(CN2CCC=C(C(=O)O)C2)=C3)cc1C(F)(F)F)C(F)(F)F.Cl. The number of ether oxygens (including phenoxy) is 3. The molecule has 0 aliphatic carbocycles. The van der Waals surface area contributed by atoms with Gasteiger partial charge in [0.1, 0.15) is 30.5 Å². The Morgan fingerprint density at radius 3 is 2.55 bits per heavy atom. The fraction of sp³-hybridized carbons (Fsp3) is 0.370. The first-order valence-corrected chi connectivity index (χ1v) is 12.0. The van der Waals surface area contributed by atoms with Gasteiger partial charge < -0.3 is 19.3 Å². The molecule has 218 valence electrons. The Hall–Kier alpha value is -3.38. The lowest BCUT2D eigenvalue weighted by molar-refractivity contribution is -0.191. The van der Waals surface area contributed by atoms with Crippen LogP contribution in [0.15, 0.2) is 53.6 Å². The molecule has 6 nitrogen and oxygen atoms in total. The Morgan fingerprint density at radius 1 is 1.12 bits per heavy atom. The fourth-order valence-corrected chi connectivity index (χ4v) is 4.17. The van der Waals surface area contributed by atoms with Crippen LogP contribution in [0.2, 0.25) is 0 Å². The third-order valence-electron chi connectivity index (χ3n) is 6.21. The van der Waals surface area contributed by atoms with E-state index in [-0.39, 0.29) is 31.2 Å². The van der Waals surface area contributed by atoms with Crippen LogP contribution in [0.25, 0.3) is 6.08 Å². The monoisotopic (exact) mass is 593 g/mol. The number of hydrogen-bond donors (Lipinski definition) is 1. The number of fused-ring (bicyclic) bond motifs is 1. The minimum atomic E-state index is -4.93. The number of halogens is 7. The molecule has 0 fully saturated rings. The third kappa shape index (κ3) is 7.85. The quantitative estimate of drug-likeness (QED) is 0.351. The number of benzene rings is 2. The molecule has 2 aromatic rings. The van der Waals surface area contributed by atoms with Crippen molar-refractivity contribution in [2.24, 2.45) is 0 Å². The lowest BCUT2D eigenvalue weighted by atomic mass is 10.0. The van der Waals surface area contributed by atoms with Crippen molar-refractivity contribution in [2.75, 3.05) is 26.2 Å². The van der Waals surface area contributed by atoms with Crippen molar-refractivity contribution >= 4 is 24.5 Å². The number of rotatable bonds is 8. The van der Waals surface area contributed by atoms with Gasteiger partial charge in [0.15, 0.2) is 6.10 Å². The number of aliphatic carboxylic acids is 1. The molecule has 2 aliphatic rings. The number of alkyl halides is 6. The lowest BCUT2D eigenvalue weighted by Crippen LogP contribution is -2.34. The molecule has 0 saturated carbocycles. The van der Waals surface area contributed by atoms with E-state index in [4.69, 9.17) is 9.47 Å². The van der Waals surface area contributed by atoms with E-state index in [0.717, 1.165) is 23.7 Å². The average molecular weight is 594 g/mol. The summed E-state index contributed by atoms with van der Waals surface area (Å²) in [5.74, 6) is -0.999. The van der Waals surface area contributed by atoms with Crippen molar-refractivity contribution in [3.63, 3.8) is 0 Å². The van der Waals surface area contributed by atoms with Crippen LogP contribution in [0.4, 0.5) is 26.3 Å². The molecular formula is C27H26ClF6NO5. The highest BCUT2D eigenvalue weighted by atomic mass is 35.5. The molecule has 4 rings (SSSR count). The van der Waals surface area contributed by atoms with E-state index in [0.29, 0.717) is 49.6 Å². The van der Waals surface area contributed by atoms with Crippen molar-refractivity contribution in [1.29, 1.82) is 0 Å². The van der Waals surface area contributed by atoms with Gasteiger partial charge in [0.25, 0.3) is 0 Å². The lowest BCUT2D eigenvalue weighted by Gasteiger charge is -2.28. The van der Waals surface area contributed by atoms with Gasteiger partial charge in [0.2, 0.25) is 0 Å². The van der Waals surface area contributed by atoms with Gasteiger partial charge >= 0.3 is 18.3 Å². The molecule has 0 radical (unpaired) electrons. The van der Waals surface area contributed by atoms with E-state index in [1.807, 2.05) is 11.0 Å². The summed E-state index contributed by atoms with van der Waals surface area (Å²) in [5.41, 5.74) is 0.859. The first-order chi connectivity index (χ1) is 18.3. The molecule has 2 aromatic carbocycles. The van der Waals surface area contributed by atoms with Gasteiger partial charge in [-0.2, -0.15) is 26.3 Å². The summed E-state index contributed by atoms with van der Waals surface area (Å²) in [6.07, 6.45) is -7.84. The van der Waals surface area contributed by atoms with E-state index in [1.54, 1.807) is 24.3 Å². The maximum atomic E-state index is 13.5. The number of nitrogens with zero attached hydrogens (tertiary/aromatic N) is 1. The second-order valence-electron chi connectivity index (χ2n) is 9.24. The van der Waals surface area contributed by atoms with Gasteiger partial charge in [-0.25, -0.2) is 4.79 Å². The van der Waals surface area contributed by atoms with Crippen molar-refractivity contribution in [3.05, 3.63) is 70.3 Å². The summed E-state index contributed by atoms with van der Waals surface area (Å²) in [6, 6.07) is 7.72. The standard InChI is InChI=1S/C27H25F6NO5.ClH/c1-16(26(28,29)30)39-23-7-4-17(10-22(23)27(31,32)33)14-37-21-6-5-19-9-18(15-38-24(19)11-21)12-34-8-2-3-20(13-34)25(35)36;/h3-7,9-11,16H,2,8,12-15H2,1H3,(H,35,36);1H/t16-;/m0./s1. The Bertz CT molecular complexity index is 1290. The molecule has 2 aliphatic heterocycles. The summed E-state index contributed by atoms with van der Waals surface area (Å²) in [5, 5.41) is 9.21. The summed E-state index contributed by atoms with van der Waals surface area (Å²) in [7, 11) is 0. The van der Waals surface area contributed by atoms with Crippen LogP contribution in [0.1, 0.15) is 30.0 Å². The molecule has 13 heteroatoms. The molecule has 1 N–H and O–H groups in total. The van der Waals surface area contributed by atoms with Crippen LogP contribution in [-0.2, 0) is 17.6 Å². The highest BCUT2D eigenvalue weighted by Gasteiger charge is 2.41. The zero-order valence-electron chi connectivity index (χ0n) is 21.1. The number of carboxylic acids is 1. The summed E-state index contributed by atoms with van der Waals surface area (Å²) < 4.78 is 94.8. The van der Waals surface area contributed by atoms with Gasteiger partial charge in [0, 0.05) is 36.8 Å². The first-order valence-electron chi connectivity index (χ1n) is 12.0. The normalized spacial score (nSPS) is 16.5. The van der Waals surface area contributed by atoms with Crippen LogP contribution in [0.3, 0.4) is 0 Å². The minimum absolute atomic E-state index is 0. The van der Waals surface area contributed by atoms with Gasteiger partial charge in [-0.15, -0.1) is 12.4 Å². The molecule has 0 unspecified atom stereocenters. The van der Waals surface area contributed by atoms with E-state index in [1.165, 1.54) is 6.07 Å². The van der Waals surface area contributed by atoms with E-state index in [2.05, 4.69) is 4.74 Å². The average Bonchev–Trinajstić information content (AvgIpc) is 2.87. The minimum Gasteiger partial charge on any atom is -0.489 e. The summed E-state index contributed by atoms with van der Waals surface area (Å²) >= 11 is 0. The molecular weight excluding hydrogens is 568 g/mol. The third-order valence-corrected chi connectivity index (χ3v) is 6.21. The van der Waals surface area contributed by atoms with Crippen molar-refractivity contribution < 1.29 is 50.5 Å². The summed E-state index contributed by atoms with van der Waals surface area (Å²) in [6.45, 7) is 2.27.